The average molecular weight is 373 g/mol. The van der Waals surface area contributed by atoms with E-state index in [9.17, 15) is 9.59 Å². The van der Waals surface area contributed by atoms with Gasteiger partial charge in [0.25, 0.3) is 0 Å². The van der Waals surface area contributed by atoms with Crippen molar-refractivity contribution in [3.8, 4) is 0 Å². The molecular weight excluding hydrogens is 342 g/mol. The van der Waals surface area contributed by atoms with Gasteiger partial charge in [-0.2, -0.15) is 0 Å². The van der Waals surface area contributed by atoms with Crippen molar-refractivity contribution >= 4 is 12.0 Å². The van der Waals surface area contributed by atoms with E-state index in [1.165, 1.54) is 0 Å². The molecule has 2 amide bonds. The second-order valence-electron chi connectivity index (χ2n) is 8.94. The Balaban J connectivity index is 1.74. The highest BCUT2D eigenvalue weighted by molar-refractivity contribution is 5.85. The lowest BCUT2D eigenvalue weighted by molar-refractivity contribution is -0.135. The average Bonchev–Trinajstić information content (AvgIpc) is 3.02. The predicted octanol–water partition coefficient (Wildman–Crippen LogP) is 3.69. The molecule has 6 nitrogen and oxygen atoms in total. The van der Waals surface area contributed by atoms with Gasteiger partial charge in [0.1, 0.15) is 5.60 Å². The number of hydrogen-bond acceptors (Lipinski definition) is 4. The molecule has 1 N–H and O–H groups in total. The van der Waals surface area contributed by atoms with Gasteiger partial charge in [-0.25, -0.2) is 4.79 Å². The van der Waals surface area contributed by atoms with Crippen LogP contribution in [0.25, 0.3) is 0 Å². The highest BCUT2D eigenvalue weighted by atomic mass is 16.6. The van der Waals surface area contributed by atoms with Crippen LogP contribution in [-0.2, 0) is 9.53 Å². The number of ether oxygens (including phenoxy) is 1. The summed E-state index contributed by atoms with van der Waals surface area (Å²) >= 11 is 0. The lowest BCUT2D eigenvalue weighted by Gasteiger charge is -2.37. The van der Waals surface area contributed by atoms with Crippen LogP contribution in [0.1, 0.15) is 65.0 Å². The van der Waals surface area contributed by atoms with Gasteiger partial charge < -0.3 is 15.0 Å². The van der Waals surface area contributed by atoms with Gasteiger partial charge in [-0.1, -0.05) is 12.8 Å². The summed E-state index contributed by atoms with van der Waals surface area (Å²) in [5.41, 5.74) is -0.00357. The molecule has 1 saturated carbocycles. The fourth-order valence-corrected chi connectivity index (χ4v) is 4.37. The highest BCUT2D eigenvalue weighted by Crippen LogP contribution is 2.47. The summed E-state index contributed by atoms with van der Waals surface area (Å²) in [4.78, 5) is 31.7. The molecule has 0 aromatic carbocycles. The van der Waals surface area contributed by atoms with Crippen molar-refractivity contribution in [3.63, 3.8) is 0 Å². The Hall–Kier alpha value is -2.11. The molecule has 2 aliphatic rings. The number of pyridine rings is 1. The van der Waals surface area contributed by atoms with Crippen LogP contribution in [0.3, 0.4) is 0 Å². The van der Waals surface area contributed by atoms with Crippen molar-refractivity contribution in [2.75, 3.05) is 13.1 Å². The van der Waals surface area contributed by atoms with Gasteiger partial charge in [-0.05, 0) is 64.2 Å². The van der Waals surface area contributed by atoms with Crippen LogP contribution in [0.15, 0.2) is 24.5 Å². The quantitative estimate of drug-likeness (QED) is 0.877. The maximum Gasteiger partial charge on any atom is 0.410 e. The molecule has 1 saturated heterocycles. The van der Waals surface area contributed by atoms with E-state index in [2.05, 4.69) is 10.3 Å². The minimum absolute atomic E-state index is 0.0579. The second-order valence-corrected chi connectivity index (χ2v) is 8.94. The van der Waals surface area contributed by atoms with E-state index >= 15 is 0 Å². The lowest BCUT2D eigenvalue weighted by atomic mass is 9.67. The molecule has 148 valence electrons. The zero-order chi connectivity index (χ0) is 19.7. The van der Waals surface area contributed by atoms with Crippen LogP contribution >= 0.6 is 0 Å². The summed E-state index contributed by atoms with van der Waals surface area (Å²) in [5.74, 6) is 0.256. The second kappa shape index (κ2) is 7.49. The Morgan fingerprint density at radius 1 is 1.30 bits per heavy atom. The molecule has 0 bridgehead atoms. The molecule has 1 aromatic rings. The van der Waals surface area contributed by atoms with Gasteiger partial charge in [-0.3, -0.25) is 9.78 Å². The smallest absolute Gasteiger partial charge is 0.410 e. The normalized spacial score (nSPS) is 26.2. The number of nitrogens with zero attached hydrogens (tertiary/aromatic N) is 2. The number of likely N-dealkylation sites (tertiary alicyclic amines) is 1. The Bertz CT molecular complexity index is 686. The standard InChI is InChI=1S/C21H31N3O3/c1-15(16-8-11-22-12-9-16)23-18(25)21-10-6-5-7-17(21)13-24(14-21)19(26)27-20(2,3)4/h8-9,11-12,15,17H,5-7,10,13-14H2,1-4H3,(H,23,25)/t15-,17+,21-/m1/s1. The summed E-state index contributed by atoms with van der Waals surface area (Å²) in [5, 5.41) is 3.19. The number of aromatic nitrogens is 1. The SMILES string of the molecule is C[C@@H](NC(=O)[C@@]12CCCC[C@H]1CN(C(=O)OC(C)(C)C)C2)c1ccncc1. The van der Waals surface area contributed by atoms with E-state index in [-0.39, 0.29) is 24.0 Å². The molecule has 2 heterocycles. The zero-order valence-corrected chi connectivity index (χ0v) is 16.8. The first-order valence-electron chi connectivity index (χ1n) is 9.90. The number of fused-ring (bicyclic) bond motifs is 1. The third-order valence-corrected chi connectivity index (χ3v) is 5.78. The van der Waals surface area contributed by atoms with Gasteiger partial charge in [0, 0.05) is 25.5 Å². The van der Waals surface area contributed by atoms with Crippen molar-refractivity contribution in [2.45, 2.75) is 65.0 Å². The fraction of sp³-hybridized carbons (Fsp3) is 0.667. The molecular formula is C21H31N3O3. The summed E-state index contributed by atoms with van der Waals surface area (Å²) in [6.45, 7) is 8.64. The summed E-state index contributed by atoms with van der Waals surface area (Å²) in [6, 6.07) is 3.75. The van der Waals surface area contributed by atoms with E-state index < -0.39 is 11.0 Å². The molecule has 0 radical (unpaired) electrons. The monoisotopic (exact) mass is 373 g/mol. The van der Waals surface area contributed by atoms with E-state index in [1.807, 2.05) is 39.8 Å². The third kappa shape index (κ3) is 4.25. The fourth-order valence-electron chi connectivity index (χ4n) is 4.37. The van der Waals surface area contributed by atoms with Crippen molar-refractivity contribution in [1.29, 1.82) is 0 Å². The molecule has 2 fully saturated rings. The maximum atomic E-state index is 13.3. The minimum Gasteiger partial charge on any atom is -0.444 e. The van der Waals surface area contributed by atoms with Crippen LogP contribution in [0.5, 0.6) is 0 Å². The molecule has 1 aliphatic carbocycles. The zero-order valence-electron chi connectivity index (χ0n) is 16.8. The van der Waals surface area contributed by atoms with Gasteiger partial charge in [-0.15, -0.1) is 0 Å². The minimum atomic E-state index is -0.532. The Morgan fingerprint density at radius 2 is 2.00 bits per heavy atom. The Labute approximate surface area is 161 Å². The van der Waals surface area contributed by atoms with E-state index in [1.54, 1.807) is 17.3 Å². The van der Waals surface area contributed by atoms with Crippen LogP contribution < -0.4 is 5.32 Å². The van der Waals surface area contributed by atoms with E-state index in [0.29, 0.717) is 13.1 Å². The van der Waals surface area contributed by atoms with Crippen molar-refractivity contribution in [2.24, 2.45) is 11.3 Å². The molecule has 6 heteroatoms. The number of nitrogens with one attached hydrogen (secondary N) is 1. The number of carbonyl (C=O) groups excluding carboxylic acids is 2. The van der Waals surface area contributed by atoms with Crippen molar-refractivity contribution < 1.29 is 14.3 Å². The largest absolute Gasteiger partial charge is 0.444 e. The first kappa shape index (κ1) is 19.6. The number of carbonyl (C=O) groups is 2. The molecule has 27 heavy (non-hydrogen) atoms. The summed E-state index contributed by atoms with van der Waals surface area (Å²) in [6.07, 6.45) is 7.10. The van der Waals surface area contributed by atoms with Crippen LogP contribution in [0.4, 0.5) is 4.79 Å². The van der Waals surface area contributed by atoms with E-state index in [0.717, 1.165) is 31.2 Å². The van der Waals surface area contributed by atoms with Crippen molar-refractivity contribution in [1.82, 2.24) is 15.2 Å². The molecule has 0 unspecified atom stereocenters. The maximum absolute atomic E-state index is 13.3. The molecule has 1 aliphatic heterocycles. The third-order valence-electron chi connectivity index (χ3n) is 5.78. The molecule has 1 aromatic heterocycles. The summed E-state index contributed by atoms with van der Waals surface area (Å²) < 4.78 is 5.55. The van der Waals surface area contributed by atoms with Gasteiger partial charge in [0.05, 0.1) is 11.5 Å². The van der Waals surface area contributed by atoms with E-state index in [4.69, 9.17) is 4.74 Å². The predicted molar refractivity (Wildman–Crippen MR) is 103 cm³/mol. The molecule has 3 rings (SSSR count). The Morgan fingerprint density at radius 3 is 2.67 bits per heavy atom. The number of hydrogen-bond donors (Lipinski definition) is 1. The summed E-state index contributed by atoms with van der Waals surface area (Å²) in [7, 11) is 0. The lowest BCUT2D eigenvalue weighted by Crippen LogP contribution is -2.48. The van der Waals surface area contributed by atoms with Crippen molar-refractivity contribution in [3.05, 3.63) is 30.1 Å². The highest BCUT2D eigenvalue weighted by Gasteiger charge is 2.54. The van der Waals surface area contributed by atoms with Gasteiger partial charge >= 0.3 is 6.09 Å². The number of amides is 2. The number of rotatable bonds is 3. The van der Waals surface area contributed by atoms with Gasteiger partial charge in [0.15, 0.2) is 0 Å². The first-order chi connectivity index (χ1) is 12.7. The first-order valence-corrected chi connectivity index (χ1v) is 9.90. The topological polar surface area (TPSA) is 71.5 Å². The Kier molecular flexibility index (Phi) is 5.45. The molecule has 0 spiro atoms. The van der Waals surface area contributed by atoms with Gasteiger partial charge in [0.2, 0.25) is 5.91 Å². The molecule has 3 atom stereocenters. The van der Waals surface area contributed by atoms with Crippen LogP contribution in [0.2, 0.25) is 0 Å². The van der Waals surface area contributed by atoms with Crippen LogP contribution in [0, 0.1) is 11.3 Å². The van der Waals surface area contributed by atoms with Crippen LogP contribution in [-0.4, -0.2) is 40.6 Å².